The number of fused-ring (bicyclic) bond motifs is 7. The number of rotatable bonds is 49. The van der Waals surface area contributed by atoms with Crippen molar-refractivity contribution < 1.29 is 28.8 Å². The van der Waals surface area contributed by atoms with Crippen LogP contribution in [0, 0.1) is 0 Å². The Balaban J connectivity index is 1.45. The van der Waals surface area contributed by atoms with Gasteiger partial charge in [0.05, 0.1) is 54.1 Å². The zero-order chi connectivity index (χ0) is 54.4. The van der Waals surface area contributed by atoms with Gasteiger partial charge >= 0.3 is 5.97 Å². The van der Waals surface area contributed by atoms with Crippen LogP contribution in [-0.4, -0.2) is 47.5 Å². The van der Waals surface area contributed by atoms with E-state index in [4.69, 9.17) is 28.9 Å². The van der Waals surface area contributed by atoms with E-state index >= 15 is 0 Å². The number of hydrogen-bond acceptors (Lipinski definition) is 7. The van der Waals surface area contributed by atoms with Gasteiger partial charge in [-0.2, -0.15) is 0 Å². The summed E-state index contributed by atoms with van der Waals surface area (Å²) in [6.07, 6.45) is 50.7. The molecule has 0 aliphatic rings. The number of aromatic carboxylic acids is 1. The first-order valence-corrected chi connectivity index (χ1v) is 32.4. The largest absolute Gasteiger partial charge is 0.490 e. The molecule has 0 bridgehead atoms. The summed E-state index contributed by atoms with van der Waals surface area (Å²) in [7, 11) is 0. The van der Waals surface area contributed by atoms with Gasteiger partial charge in [0.1, 0.15) is 0 Å². The van der Waals surface area contributed by atoms with Crippen LogP contribution in [-0.2, 0) is 0 Å². The molecule has 0 fully saturated rings. The Bertz CT molecular complexity index is 2360. The Labute approximate surface area is 468 Å². The van der Waals surface area contributed by atoms with E-state index < -0.39 is 5.97 Å². The maximum Gasteiger partial charge on any atom is 0.335 e. The van der Waals surface area contributed by atoms with Crippen molar-refractivity contribution in [2.24, 2.45) is 0 Å². The summed E-state index contributed by atoms with van der Waals surface area (Å²) in [5, 5.41) is 13.8. The van der Waals surface area contributed by atoms with Crippen molar-refractivity contribution in [2.75, 3.05) is 26.4 Å². The minimum atomic E-state index is -0.987. The molecule has 5 rings (SSSR count). The summed E-state index contributed by atoms with van der Waals surface area (Å²) in [6.45, 7) is 11.6. The first-order chi connectivity index (χ1) is 38.0. The van der Waals surface area contributed by atoms with Gasteiger partial charge in [-0.25, -0.2) is 14.8 Å². The minimum Gasteiger partial charge on any atom is -0.490 e. The summed E-state index contributed by atoms with van der Waals surface area (Å²) in [6, 6.07) is 13.6. The molecule has 0 saturated heterocycles. The van der Waals surface area contributed by atoms with Gasteiger partial charge in [-0.1, -0.05) is 259 Å². The van der Waals surface area contributed by atoms with E-state index in [0.717, 1.165) is 101 Å². The topological polar surface area (TPSA) is 100 Å². The fourth-order valence-corrected chi connectivity index (χ4v) is 11.1. The molecule has 1 N–H and O–H groups in total. The van der Waals surface area contributed by atoms with Crippen molar-refractivity contribution in [3.05, 3.63) is 48.0 Å². The van der Waals surface area contributed by atoms with E-state index in [0.29, 0.717) is 43.0 Å². The van der Waals surface area contributed by atoms with Gasteiger partial charge < -0.3 is 24.1 Å². The van der Waals surface area contributed by atoms with Gasteiger partial charge in [0, 0.05) is 10.8 Å². The number of benzene rings is 4. The van der Waals surface area contributed by atoms with Gasteiger partial charge in [0.2, 0.25) is 0 Å². The molecule has 0 aliphatic carbocycles. The minimum absolute atomic E-state index is 0.186. The molecule has 8 heteroatoms. The van der Waals surface area contributed by atoms with Crippen molar-refractivity contribution in [3.63, 3.8) is 0 Å². The highest BCUT2D eigenvalue weighted by Gasteiger charge is 2.21. The molecule has 0 saturated carbocycles. The molecule has 1 heterocycles. The third-order valence-electron chi connectivity index (χ3n) is 15.9. The average Bonchev–Trinajstić information content (AvgIpc) is 3.45. The Morgan fingerprint density at radius 3 is 0.844 bits per heavy atom. The highest BCUT2D eigenvalue weighted by Crippen LogP contribution is 2.44. The van der Waals surface area contributed by atoms with Crippen LogP contribution < -0.4 is 18.9 Å². The Morgan fingerprint density at radius 1 is 0.325 bits per heavy atom. The predicted molar refractivity (Wildman–Crippen MR) is 328 cm³/mol. The second-order valence-electron chi connectivity index (χ2n) is 22.7. The van der Waals surface area contributed by atoms with Crippen LogP contribution in [0.5, 0.6) is 23.0 Å². The van der Waals surface area contributed by atoms with Crippen LogP contribution in [0.4, 0.5) is 0 Å². The standard InChI is InChI=1S/C69H108N2O6/c1-5-9-13-17-21-25-29-33-37-41-47-74-63-52-57-58-53-64(75-48-42-38-34-30-26-22-18-14-10-6-2)66(77-50-44-40-36-32-28-24-20-16-12-8-4)55-60(58)68-67(70-61-46-45-56(69(72)73)51-62(61)71-68)59(57)54-65(63)76-49-43-39-35-31-27-23-19-15-11-7-3/h45-46,51-55H,5-44,47-50H2,1-4H3,(H,72,73). The third kappa shape index (κ3) is 23.9. The van der Waals surface area contributed by atoms with Crippen LogP contribution in [0.25, 0.3) is 43.6 Å². The highest BCUT2D eigenvalue weighted by atomic mass is 16.5. The summed E-state index contributed by atoms with van der Waals surface area (Å²) >= 11 is 0. The fourth-order valence-electron chi connectivity index (χ4n) is 11.1. The number of hydrogen-bond donors (Lipinski definition) is 1. The van der Waals surface area contributed by atoms with Crippen molar-refractivity contribution in [1.82, 2.24) is 9.97 Å². The quantitative estimate of drug-likeness (QED) is 0.0234. The zero-order valence-corrected chi connectivity index (χ0v) is 49.5. The maximum absolute atomic E-state index is 12.2. The second kappa shape index (κ2) is 39.9. The van der Waals surface area contributed by atoms with Crippen LogP contribution >= 0.6 is 0 Å². The molecule has 0 atom stereocenters. The first kappa shape index (κ1) is 63.5. The molecule has 77 heavy (non-hydrogen) atoms. The molecule has 430 valence electrons. The number of carbonyl (C=O) groups is 1. The number of carboxylic acid groups (broad SMARTS) is 1. The molecule has 8 nitrogen and oxygen atoms in total. The van der Waals surface area contributed by atoms with E-state index in [9.17, 15) is 9.90 Å². The third-order valence-corrected chi connectivity index (χ3v) is 15.9. The van der Waals surface area contributed by atoms with Crippen LogP contribution in [0.3, 0.4) is 0 Å². The number of carboxylic acids is 1. The lowest BCUT2D eigenvalue weighted by Gasteiger charge is -2.19. The van der Waals surface area contributed by atoms with E-state index in [-0.39, 0.29) is 5.56 Å². The zero-order valence-electron chi connectivity index (χ0n) is 49.5. The molecule has 0 radical (unpaired) electrons. The van der Waals surface area contributed by atoms with Crippen molar-refractivity contribution in [3.8, 4) is 23.0 Å². The molecule has 4 aromatic carbocycles. The van der Waals surface area contributed by atoms with Crippen molar-refractivity contribution in [1.29, 1.82) is 0 Å². The van der Waals surface area contributed by atoms with Crippen molar-refractivity contribution in [2.45, 2.75) is 285 Å². The highest BCUT2D eigenvalue weighted by molar-refractivity contribution is 6.25. The van der Waals surface area contributed by atoms with Crippen LogP contribution in [0.2, 0.25) is 0 Å². The fraction of sp³-hybridized carbons (Fsp3) is 0.696. The van der Waals surface area contributed by atoms with E-state index in [2.05, 4.69) is 52.0 Å². The van der Waals surface area contributed by atoms with Gasteiger partial charge in [-0.05, 0) is 78.9 Å². The number of nitrogens with zero attached hydrogens (tertiary/aromatic N) is 2. The molecular weight excluding hydrogens is 953 g/mol. The summed E-state index contributed by atoms with van der Waals surface area (Å²) in [4.78, 5) is 22.8. The lowest BCUT2D eigenvalue weighted by Crippen LogP contribution is -2.05. The van der Waals surface area contributed by atoms with Crippen LogP contribution in [0.1, 0.15) is 295 Å². The molecule has 0 unspecified atom stereocenters. The second-order valence-corrected chi connectivity index (χ2v) is 22.7. The molecule has 5 aromatic rings. The van der Waals surface area contributed by atoms with E-state index in [1.54, 1.807) is 18.2 Å². The van der Waals surface area contributed by atoms with Gasteiger partial charge in [-0.15, -0.1) is 0 Å². The van der Waals surface area contributed by atoms with Crippen molar-refractivity contribution >= 4 is 49.6 Å². The molecular formula is C69H108N2O6. The Hall–Kier alpha value is -4.33. The lowest BCUT2D eigenvalue weighted by atomic mass is 9.97. The van der Waals surface area contributed by atoms with E-state index in [1.165, 1.54) is 205 Å². The predicted octanol–water partition coefficient (Wildman–Crippen LogP) is 22.0. The number of ether oxygens (including phenoxy) is 4. The summed E-state index contributed by atoms with van der Waals surface area (Å²) in [5.41, 5.74) is 2.82. The van der Waals surface area contributed by atoms with Crippen LogP contribution in [0.15, 0.2) is 42.5 Å². The lowest BCUT2D eigenvalue weighted by molar-refractivity contribution is 0.0697. The van der Waals surface area contributed by atoms with Gasteiger partial charge in [0.15, 0.2) is 23.0 Å². The number of aromatic nitrogens is 2. The Morgan fingerprint density at radius 2 is 0.571 bits per heavy atom. The molecule has 1 aromatic heterocycles. The van der Waals surface area contributed by atoms with Gasteiger partial charge in [0.25, 0.3) is 0 Å². The molecule has 0 aliphatic heterocycles. The molecule has 0 spiro atoms. The Kier molecular flexibility index (Phi) is 32.9. The summed E-state index contributed by atoms with van der Waals surface area (Å²) < 4.78 is 27.0. The normalized spacial score (nSPS) is 11.7. The van der Waals surface area contributed by atoms with E-state index in [1.807, 2.05) is 0 Å². The first-order valence-electron chi connectivity index (χ1n) is 32.4. The smallest absolute Gasteiger partial charge is 0.335 e. The van der Waals surface area contributed by atoms with Gasteiger partial charge in [-0.3, -0.25) is 0 Å². The average molecular weight is 1060 g/mol. The monoisotopic (exact) mass is 1060 g/mol. The molecule has 0 amide bonds. The summed E-state index contributed by atoms with van der Waals surface area (Å²) in [5.74, 6) is 1.97. The SMILES string of the molecule is CCCCCCCCCCCCOc1cc2c3cc(OCCCCCCCCCCCC)c(OCCCCCCCCCCCC)cc3c3nc4cc(C(=O)O)ccc4nc3c2cc1OCCCCCCCCCCCC. The maximum atomic E-state index is 12.2. The number of unbranched alkanes of at least 4 members (excludes halogenated alkanes) is 36.